The Hall–Kier alpha value is -2.60. The zero-order chi connectivity index (χ0) is 19.1. The summed E-state index contributed by atoms with van der Waals surface area (Å²) in [4.78, 5) is 14.3. The lowest BCUT2D eigenvalue weighted by atomic mass is 10.1. The Bertz CT molecular complexity index is 761. The van der Waals surface area contributed by atoms with Gasteiger partial charge in [-0.05, 0) is 37.1 Å². The van der Waals surface area contributed by atoms with E-state index in [0.29, 0.717) is 24.5 Å². The van der Waals surface area contributed by atoms with E-state index >= 15 is 0 Å². The number of halogens is 1. The van der Waals surface area contributed by atoms with Gasteiger partial charge < -0.3 is 19.1 Å². The van der Waals surface area contributed by atoms with Gasteiger partial charge in [-0.25, -0.2) is 4.39 Å². The van der Waals surface area contributed by atoms with E-state index in [2.05, 4.69) is 0 Å². The second kappa shape index (κ2) is 9.37. The SMILES string of the molecule is CN(CCOc1ccccc1F)C(=O)c1ccccc1OCC1CCCO1. The van der Waals surface area contributed by atoms with Crippen LogP contribution in [0, 0.1) is 5.82 Å². The van der Waals surface area contributed by atoms with Crippen molar-refractivity contribution in [3.63, 3.8) is 0 Å². The number of likely N-dealkylation sites (N-methyl/N-ethyl adjacent to an activating group) is 1. The van der Waals surface area contributed by atoms with Crippen molar-refractivity contribution in [3.05, 3.63) is 59.9 Å². The summed E-state index contributed by atoms with van der Waals surface area (Å²) in [6, 6.07) is 13.4. The van der Waals surface area contributed by atoms with Crippen molar-refractivity contribution >= 4 is 5.91 Å². The summed E-state index contributed by atoms with van der Waals surface area (Å²) in [5.41, 5.74) is 0.490. The standard InChI is InChI=1S/C21H24FNO4/c1-23(12-14-26-20-11-5-3-9-18(20)22)21(24)17-8-2-4-10-19(17)27-15-16-7-6-13-25-16/h2-5,8-11,16H,6-7,12-15H2,1H3. The molecule has 27 heavy (non-hydrogen) atoms. The van der Waals surface area contributed by atoms with Gasteiger partial charge in [-0.2, -0.15) is 0 Å². The largest absolute Gasteiger partial charge is 0.490 e. The third kappa shape index (κ3) is 5.20. The molecule has 6 heteroatoms. The fourth-order valence-corrected chi connectivity index (χ4v) is 2.89. The molecular weight excluding hydrogens is 349 g/mol. The van der Waals surface area contributed by atoms with E-state index in [9.17, 15) is 9.18 Å². The van der Waals surface area contributed by atoms with E-state index in [1.165, 1.54) is 11.0 Å². The first-order valence-corrected chi connectivity index (χ1v) is 9.11. The average molecular weight is 373 g/mol. The van der Waals surface area contributed by atoms with Gasteiger partial charge in [-0.3, -0.25) is 4.79 Å². The van der Waals surface area contributed by atoms with Crippen LogP contribution >= 0.6 is 0 Å². The molecule has 1 saturated heterocycles. The van der Waals surface area contributed by atoms with Crippen molar-refractivity contribution in [3.8, 4) is 11.5 Å². The fourth-order valence-electron chi connectivity index (χ4n) is 2.89. The molecule has 0 spiro atoms. The van der Waals surface area contributed by atoms with Gasteiger partial charge in [0.1, 0.15) is 19.0 Å². The van der Waals surface area contributed by atoms with Gasteiger partial charge in [0, 0.05) is 13.7 Å². The lowest BCUT2D eigenvalue weighted by molar-refractivity contribution is 0.0654. The van der Waals surface area contributed by atoms with Crippen molar-refractivity contribution in [2.45, 2.75) is 18.9 Å². The normalized spacial score (nSPS) is 16.1. The highest BCUT2D eigenvalue weighted by molar-refractivity contribution is 5.96. The number of amides is 1. The number of para-hydroxylation sites is 2. The number of ether oxygens (including phenoxy) is 3. The number of rotatable bonds is 8. The van der Waals surface area contributed by atoms with Gasteiger partial charge in [0.2, 0.25) is 0 Å². The topological polar surface area (TPSA) is 48.0 Å². The molecule has 1 aliphatic rings. The molecule has 0 saturated carbocycles. The maximum Gasteiger partial charge on any atom is 0.257 e. The zero-order valence-electron chi connectivity index (χ0n) is 15.4. The molecule has 3 rings (SSSR count). The molecular formula is C21H24FNO4. The van der Waals surface area contributed by atoms with Gasteiger partial charge in [0.15, 0.2) is 11.6 Å². The van der Waals surface area contributed by atoms with Crippen LogP contribution in [0.3, 0.4) is 0 Å². The predicted octanol–water partition coefficient (Wildman–Crippen LogP) is 3.53. The highest BCUT2D eigenvalue weighted by atomic mass is 19.1. The van der Waals surface area contributed by atoms with Crippen LogP contribution in [-0.2, 0) is 4.74 Å². The molecule has 1 aliphatic heterocycles. The van der Waals surface area contributed by atoms with Crippen LogP contribution < -0.4 is 9.47 Å². The van der Waals surface area contributed by atoms with Crippen molar-refractivity contribution in [2.24, 2.45) is 0 Å². The first-order chi connectivity index (χ1) is 13.1. The second-order valence-corrected chi connectivity index (χ2v) is 6.45. The Balaban J connectivity index is 1.55. The number of nitrogens with zero attached hydrogens (tertiary/aromatic N) is 1. The Morgan fingerprint density at radius 2 is 1.89 bits per heavy atom. The lowest BCUT2D eigenvalue weighted by Gasteiger charge is -2.20. The molecule has 2 aromatic rings. The number of hydrogen-bond donors (Lipinski definition) is 0. The van der Waals surface area contributed by atoms with Crippen LogP contribution in [0.4, 0.5) is 4.39 Å². The minimum absolute atomic E-state index is 0.0834. The smallest absolute Gasteiger partial charge is 0.257 e. The average Bonchev–Trinajstić information content (AvgIpc) is 3.21. The summed E-state index contributed by atoms with van der Waals surface area (Å²) in [5, 5.41) is 0. The monoisotopic (exact) mass is 373 g/mol. The molecule has 1 fully saturated rings. The van der Waals surface area contributed by atoms with Gasteiger partial charge in [-0.15, -0.1) is 0 Å². The van der Waals surface area contributed by atoms with Crippen LogP contribution in [0.5, 0.6) is 11.5 Å². The van der Waals surface area contributed by atoms with Crippen LogP contribution in [-0.4, -0.2) is 50.3 Å². The van der Waals surface area contributed by atoms with Crippen LogP contribution in [0.25, 0.3) is 0 Å². The minimum Gasteiger partial charge on any atom is -0.490 e. The van der Waals surface area contributed by atoms with E-state index in [1.807, 2.05) is 6.07 Å². The van der Waals surface area contributed by atoms with Crippen LogP contribution in [0.1, 0.15) is 23.2 Å². The summed E-state index contributed by atoms with van der Waals surface area (Å²) in [6.07, 6.45) is 2.10. The van der Waals surface area contributed by atoms with Gasteiger partial charge in [-0.1, -0.05) is 24.3 Å². The highest BCUT2D eigenvalue weighted by Crippen LogP contribution is 2.22. The molecule has 0 aliphatic carbocycles. The first kappa shape index (κ1) is 19.2. The summed E-state index contributed by atoms with van der Waals surface area (Å²) >= 11 is 0. The van der Waals surface area contributed by atoms with Gasteiger partial charge in [0.05, 0.1) is 18.2 Å². The molecule has 2 aromatic carbocycles. The predicted molar refractivity (Wildman–Crippen MR) is 99.8 cm³/mol. The fraction of sp³-hybridized carbons (Fsp3) is 0.381. The van der Waals surface area contributed by atoms with E-state index < -0.39 is 5.82 Å². The molecule has 0 bridgehead atoms. The Morgan fingerprint density at radius 1 is 1.15 bits per heavy atom. The van der Waals surface area contributed by atoms with E-state index in [4.69, 9.17) is 14.2 Å². The Labute approximate surface area is 158 Å². The summed E-state index contributed by atoms with van der Waals surface area (Å²) in [6.45, 7) is 1.72. The Kier molecular flexibility index (Phi) is 6.65. The third-order valence-corrected chi connectivity index (χ3v) is 4.43. The van der Waals surface area contributed by atoms with Crippen molar-refractivity contribution in [2.75, 3.05) is 33.4 Å². The first-order valence-electron chi connectivity index (χ1n) is 9.11. The molecule has 1 heterocycles. The maximum atomic E-state index is 13.6. The van der Waals surface area contributed by atoms with Gasteiger partial charge in [0.25, 0.3) is 5.91 Å². The number of carbonyl (C=O) groups is 1. The summed E-state index contributed by atoms with van der Waals surface area (Å²) in [5.74, 6) is 0.132. The van der Waals surface area contributed by atoms with Crippen molar-refractivity contribution in [1.82, 2.24) is 4.90 Å². The molecule has 0 N–H and O–H groups in total. The van der Waals surface area contributed by atoms with E-state index in [-0.39, 0.29) is 24.4 Å². The van der Waals surface area contributed by atoms with Gasteiger partial charge >= 0.3 is 0 Å². The second-order valence-electron chi connectivity index (χ2n) is 6.45. The number of carbonyl (C=O) groups excluding carboxylic acids is 1. The van der Waals surface area contributed by atoms with E-state index in [0.717, 1.165) is 19.4 Å². The van der Waals surface area contributed by atoms with Crippen LogP contribution in [0.2, 0.25) is 0 Å². The molecule has 144 valence electrons. The number of hydrogen-bond acceptors (Lipinski definition) is 4. The molecule has 0 radical (unpaired) electrons. The number of benzene rings is 2. The van der Waals surface area contributed by atoms with Crippen molar-refractivity contribution < 1.29 is 23.4 Å². The maximum absolute atomic E-state index is 13.6. The molecule has 1 unspecified atom stereocenters. The quantitative estimate of drug-likeness (QED) is 0.710. The zero-order valence-corrected chi connectivity index (χ0v) is 15.4. The van der Waals surface area contributed by atoms with E-state index in [1.54, 1.807) is 43.4 Å². The third-order valence-electron chi connectivity index (χ3n) is 4.43. The Morgan fingerprint density at radius 3 is 2.63 bits per heavy atom. The lowest BCUT2D eigenvalue weighted by Crippen LogP contribution is -2.31. The molecule has 1 amide bonds. The summed E-state index contributed by atoms with van der Waals surface area (Å²) < 4.78 is 30.4. The molecule has 0 aromatic heterocycles. The van der Waals surface area contributed by atoms with Crippen LogP contribution in [0.15, 0.2) is 48.5 Å². The van der Waals surface area contributed by atoms with Crippen molar-refractivity contribution in [1.29, 1.82) is 0 Å². The highest BCUT2D eigenvalue weighted by Gasteiger charge is 2.20. The molecule has 1 atom stereocenters. The molecule has 5 nitrogen and oxygen atoms in total. The summed E-state index contributed by atoms with van der Waals surface area (Å²) in [7, 11) is 1.68. The minimum atomic E-state index is -0.417.